The van der Waals surface area contributed by atoms with Gasteiger partial charge in [0.2, 0.25) is 0 Å². The number of rotatable bonds is 9. The molecule has 0 saturated heterocycles. The fourth-order valence-electron chi connectivity index (χ4n) is 2.51. The summed E-state index contributed by atoms with van der Waals surface area (Å²) in [6.45, 7) is 9.57. The standard InChI is InChI=1S/C20H33NO/c1-5-6-7-8-9-10-11-16-21-19(22)17-12-14-18(15-13-17)20(2,3)4/h12-15H,5-11,16H2,1-4H3,(H,21,22). The topological polar surface area (TPSA) is 29.1 Å². The Kier molecular flexibility index (Phi) is 8.22. The number of carbonyl (C=O) groups is 1. The Balaban J connectivity index is 2.23. The number of benzene rings is 1. The zero-order chi connectivity index (χ0) is 16.4. The molecular formula is C20H33NO. The van der Waals surface area contributed by atoms with Gasteiger partial charge in [0.05, 0.1) is 0 Å². The molecule has 1 aromatic rings. The lowest BCUT2D eigenvalue weighted by atomic mass is 9.87. The molecule has 0 fully saturated rings. The van der Waals surface area contributed by atoms with E-state index in [9.17, 15) is 4.79 Å². The van der Waals surface area contributed by atoms with Crippen molar-refractivity contribution in [2.24, 2.45) is 0 Å². The lowest BCUT2D eigenvalue weighted by Gasteiger charge is -2.19. The molecule has 0 aliphatic rings. The number of carbonyl (C=O) groups excluding carboxylic acids is 1. The van der Waals surface area contributed by atoms with Gasteiger partial charge in [0.1, 0.15) is 0 Å². The quantitative estimate of drug-likeness (QED) is 0.603. The Bertz CT molecular complexity index is 428. The van der Waals surface area contributed by atoms with Crippen LogP contribution in [0.4, 0.5) is 0 Å². The molecule has 0 spiro atoms. The highest BCUT2D eigenvalue weighted by Gasteiger charge is 2.14. The summed E-state index contributed by atoms with van der Waals surface area (Å²) in [6, 6.07) is 7.98. The summed E-state index contributed by atoms with van der Waals surface area (Å²) >= 11 is 0. The molecule has 0 radical (unpaired) electrons. The maximum atomic E-state index is 12.1. The molecule has 0 unspecified atom stereocenters. The van der Waals surface area contributed by atoms with Crippen LogP contribution in [-0.4, -0.2) is 12.5 Å². The van der Waals surface area contributed by atoms with Crippen molar-refractivity contribution in [2.75, 3.05) is 6.54 Å². The van der Waals surface area contributed by atoms with E-state index < -0.39 is 0 Å². The molecule has 0 aromatic heterocycles. The van der Waals surface area contributed by atoms with Crippen LogP contribution in [0.3, 0.4) is 0 Å². The summed E-state index contributed by atoms with van der Waals surface area (Å²) in [7, 11) is 0. The molecule has 0 heterocycles. The van der Waals surface area contributed by atoms with Crippen molar-refractivity contribution in [2.45, 2.75) is 78.1 Å². The van der Waals surface area contributed by atoms with Crippen molar-refractivity contribution in [3.05, 3.63) is 35.4 Å². The van der Waals surface area contributed by atoms with Crippen LogP contribution in [0.15, 0.2) is 24.3 Å². The van der Waals surface area contributed by atoms with Crippen LogP contribution in [-0.2, 0) is 5.41 Å². The van der Waals surface area contributed by atoms with Crippen molar-refractivity contribution in [3.63, 3.8) is 0 Å². The first-order valence-electron chi connectivity index (χ1n) is 8.84. The second-order valence-electron chi connectivity index (χ2n) is 7.20. The van der Waals surface area contributed by atoms with Crippen molar-refractivity contribution < 1.29 is 4.79 Å². The summed E-state index contributed by atoms with van der Waals surface area (Å²) in [5.41, 5.74) is 2.15. The van der Waals surface area contributed by atoms with Crippen LogP contribution in [0.1, 0.15) is 88.6 Å². The minimum Gasteiger partial charge on any atom is -0.352 e. The normalized spacial score (nSPS) is 11.5. The van der Waals surface area contributed by atoms with Crippen molar-refractivity contribution in [3.8, 4) is 0 Å². The predicted molar refractivity (Wildman–Crippen MR) is 95.5 cm³/mol. The van der Waals surface area contributed by atoms with Gasteiger partial charge in [-0.1, -0.05) is 78.4 Å². The number of hydrogen-bond acceptors (Lipinski definition) is 1. The molecule has 1 rings (SSSR count). The van der Waals surface area contributed by atoms with Gasteiger partial charge < -0.3 is 5.32 Å². The van der Waals surface area contributed by atoms with E-state index in [2.05, 4.69) is 45.1 Å². The van der Waals surface area contributed by atoms with Gasteiger partial charge >= 0.3 is 0 Å². The fourth-order valence-corrected chi connectivity index (χ4v) is 2.51. The van der Waals surface area contributed by atoms with Gasteiger partial charge in [-0.05, 0) is 29.5 Å². The third-order valence-electron chi connectivity index (χ3n) is 4.08. The van der Waals surface area contributed by atoms with Crippen molar-refractivity contribution in [1.82, 2.24) is 5.32 Å². The summed E-state index contributed by atoms with van der Waals surface area (Å²) in [6.07, 6.45) is 8.91. The van der Waals surface area contributed by atoms with Gasteiger partial charge in [0.15, 0.2) is 0 Å². The third-order valence-corrected chi connectivity index (χ3v) is 4.08. The first-order chi connectivity index (χ1) is 10.4. The summed E-state index contributed by atoms with van der Waals surface area (Å²) < 4.78 is 0. The van der Waals surface area contributed by atoms with Crippen LogP contribution >= 0.6 is 0 Å². The molecule has 22 heavy (non-hydrogen) atoms. The van der Waals surface area contributed by atoms with Gasteiger partial charge in [-0.15, -0.1) is 0 Å². The Hall–Kier alpha value is -1.31. The smallest absolute Gasteiger partial charge is 0.251 e. The summed E-state index contributed by atoms with van der Waals surface area (Å²) in [4.78, 5) is 12.1. The summed E-state index contributed by atoms with van der Waals surface area (Å²) in [5, 5.41) is 3.02. The molecule has 2 heteroatoms. The number of unbranched alkanes of at least 4 members (excludes halogenated alkanes) is 6. The molecule has 0 saturated carbocycles. The van der Waals surface area contributed by atoms with E-state index in [0.29, 0.717) is 0 Å². The molecule has 0 atom stereocenters. The highest BCUT2D eigenvalue weighted by Crippen LogP contribution is 2.22. The highest BCUT2D eigenvalue weighted by molar-refractivity contribution is 5.94. The van der Waals surface area contributed by atoms with Crippen LogP contribution < -0.4 is 5.32 Å². The number of amides is 1. The molecule has 0 aliphatic carbocycles. The van der Waals surface area contributed by atoms with E-state index >= 15 is 0 Å². The maximum absolute atomic E-state index is 12.1. The average Bonchev–Trinajstić information content (AvgIpc) is 2.49. The van der Waals surface area contributed by atoms with Crippen LogP contribution in [0.25, 0.3) is 0 Å². The maximum Gasteiger partial charge on any atom is 0.251 e. The second kappa shape index (κ2) is 9.66. The molecule has 1 N–H and O–H groups in total. The minimum absolute atomic E-state index is 0.0476. The second-order valence-corrected chi connectivity index (χ2v) is 7.20. The van der Waals surface area contributed by atoms with Crippen LogP contribution in [0.5, 0.6) is 0 Å². The Labute approximate surface area is 136 Å². The monoisotopic (exact) mass is 303 g/mol. The Morgan fingerprint density at radius 2 is 1.45 bits per heavy atom. The Morgan fingerprint density at radius 3 is 2.00 bits per heavy atom. The Morgan fingerprint density at radius 1 is 0.909 bits per heavy atom. The molecule has 0 aliphatic heterocycles. The van der Waals surface area contributed by atoms with E-state index in [0.717, 1.165) is 18.5 Å². The largest absolute Gasteiger partial charge is 0.352 e. The van der Waals surface area contributed by atoms with E-state index in [-0.39, 0.29) is 11.3 Å². The van der Waals surface area contributed by atoms with Crippen molar-refractivity contribution in [1.29, 1.82) is 0 Å². The van der Waals surface area contributed by atoms with Gasteiger partial charge in [-0.25, -0.2) is 0 Å². The first kappa shape index (κ1) is 18.7. The third kappa shape index (κ3) is 7.11. The lowest BCUT2D eigenvalue weighted by Crippen LogP contribution is -2.24. The lowest BCUT2D eigenvalue weighted by molar-refractivity contribution is 0.0953. The van der Waals surface area contributed by atoms with Gasteiger partial charge in [0.25, 0.3) is 5.91 Å². The molecule has 124 valence electrons. The predicted octanol–water partition coefficient (Wildman–Crippen LogP) is 5.46. The molecule has 1 amide bonds. The molecule has 2 nitrogen and oxygen atoms in total. The van der Waals surface area contributed by atoms with Crippen molar-refractivity contribution >= 4 is 5.91 Å². The fraction of sp³-hybridized carbons (Fsp3) is 0.650. The zero-order valence-electron chi connectivity index (χ0n) is 14.9. The number of nitrogens with one attached hydrogen (secondary N) is 1. The van der Waals surface area contributed by atoms with Gasteiger partial charge in [-0.3, -0.25) is 4.79 Å². The van der Waals surface area contributed by atoms with Crippen LogP contribution in [0, 0.1) is 0 Å². The highest BCUT2D eigenvalue weighted by atomic mass is 16.1. The first-order valence-corrected chi connectivity index (χ1v) is 8.84. The molecule has 1 aromatic carbocycles. The molecule has 0 bridgehead atoms. The van der Waals surface area contributed by atoms with Gasteiger partial charge in [-0.2, -0.15) is 0 Å². The average molecular weight is 303 g/mol. The summed E-state index contributed by atoms with van der Waals surface area (Å²) in [5.74, 6) is 0.0476. The van der Waals surface area contributed by atoms with E-state index in [4.69, 9.17) is 0 Å². The molecular weight excluding hydrogens is 270 g/mol. The number of hydrogen-bond donors (Lipinski definition) is 1. The minimum atomic E-state index is 0.0476. The van der Waals surface area contributed by atoms with Crippen LogP contribution in [0.2, 0.25) is 0 Å². The zero-order valence-corrected chi connectivity index (χ0v) is 14.9. The SMILES string of the molecule is CCCCCCCCCNC(=O)c1ccc(C(C)(C)C)cc1. The van der Waals surface area contributed by atoms with E-state index in [1.807, 2.05) is 12.1 Å². The van der Waals surface area contributed by atoms with E-state index in [1.165, 1.54) is 44.1 Å². The van der Waals surface area contributed by atoms with Gasteiger partial charge in [0, 0.05) is 12.1 Å². The van der Waals surface area contributed by atoms with E-state index in [1.54, 1.807) is 0 Å².